The molecular formula is C52H56N4O5. The van der Waals surface area contributed by atoms with Gasteiger partial charge in [-0.05, 0) is 70.0 Å². The molecule has 314 valence electrons. The van der Waals surface area contributed by atoms with Crippen LogP contribution in [0.2, 0.25) is 0 Å². The number of carbonyl (C=O) groups is 2. The zero-order valence-electron chi connectivity index (χ0n) is 34.6. The van der Waals surface area contributed by atoms with E-state index < -0.39 is 6.29 Å². The number of nitrogens with zero attached hydrogens (tertiary/aromatic N) is 1. The van der Waals surface area contributed by atoms with Gasteiger partial charge in [-0.15, -0.1) is 0 Å². The maximum Gasteiger partial charge on any atom is 0.224 e. The molecule has 5 N–H and O–H groups in total. The fourth-order valence-corrected chi connectivity index (χ4v) is 7.74. The highest BCUT2D eigenvalue weighted by molar-refractivity contribution is 5.93. The molecule has 0 bridgehead atoms. The fourth-order valence-electron chi connectivity index (χ4n) is 7.74. The number of nitrogens with two attached hydrogens (primary N) is 1. The van der Waals surface area contributed by atoms with E-state index in [-0.39, 0.29) is 30.6 Å². The quantitative estimate of drug-likeness (QED) is 0.0474. The van der Waals surface area contributed by atoms with Gasteiger partial charge in [0, 0.05) is 51.0 Å². The number of aliphatic hydroxyl groups is 1. The van der Waals surface area contributed by atoms with Gasteiger partial charge in [-0.3, -0.25) is 14.5 Å². The van der Waals surface area contributed by atoms with Gasteiger partial charge in [0.15, 0.2) is 6.29 Å². The minimum Gasteiger partial charge on any atom is -0.397 e. The molecule has 0 spiro atoms. The first-order chi connectivity index (χ1) is 29.9. The number of nitrogen functional groups attached to an aromatic ring is 1. The third-order valence-corrected chi connectivity index (χ3v) is 11.1. The number of carbonyl (C=O) groups excluding carboxylic acids is 2. The first-order valence-corrected chi connectivity index (χ1v) is 21.3. The molecule has 1 heterocycles. The summed E-state index contributed by atoms with van der Waals surface area (Å²) >= 11 is 0. The highest BCUT2D eigenvalue weighted by atomic mass is 16.7. The monoisotopic (exact) mass is 816 g/mol. The van der Waals surface area contributed by atoms with Crippen molar-refractivity contribution in [1.29, 1.82) is 0 Å². The first kappa shape index (κ1) is 43.0. The van der Waals surface area contributed by atoms with E-state index in [0.29, 0.717) is 50.0 Å². The Morgan fingerprint density at radius 2 is 1.25 bits per heavy atom. The van der Waals surface area contributed by atoms with Crippen LogP contribution in [0.1, 0.15) is 84.3 Å². The zero-order chi connectivity index (χ0) is 42.2. The Morgan fingerprint density at radius 3 is 1.92 bits per heavy atom. The molecule has 1 aliphatic heterocycles. The lowest BCUT2D eigenvalue weighted by molar-refractivity contribution is -0.253. The van der Waals surface area contributed by atoms with Crippen LogP contribution in [0.15, 0.2) is 158 Å². The molecule has 0 saturated carbocycles. The van der Waals surface area contributed by atoms with Crippen LogP contribution in [-0.2, 0) is 45.3 Å². The Morgan fingerprint density at radius 1 is 0.623 bits per heavy atom. The molecule has 7 rings (SSSR count). The third-order valence-electron chi connectivity index (χ3n) is 11.1. The molecule has 3 atom stereocenters. The molecule has 2 amide bonds. The number of amides is 2. The number of nitrogens with one attached hydrogen (secondary N) is 2. The van der Waals surface area contributed by atoms with Crippen molar-refractivity contribution in [2.45, 2.75) is 83.3 Å². The van der Waals surface area contributed by atoms with E-state index >= 15 is 0 Å². The Bertz CT molecular complexity index is 2240. The van der Waals surface area contributed by atoms with Crippen LogP contribution in [-0.4, -0.2) is 34.5 Å². The predicted octanol–water partition coefficient (Wildman–Crippen LogP) is 9.88. The molecule has 6 aromatic rings. The van der Waals surface area contributed by atoms with Gasteiger partial charge in [0.05, 0.1) is 30.2 Å². The summed E-state index contributed by atoms with van der Waals surface area (Å²) in [5, 5.41) is 15.6. The van der Waals surface area contributed by atoms with E-state index in [0.717, 1.165) is 59.4 Å². The van der Waals surface area contributed by atoms with Gasteiger partial charge in [0.25, 0.3) is 0 Å². The highest BCUT2D eigenvalue weighted by Crippen LogP contribution is 2.39. The van der Waals surface area contributed by atoms with E-state index in [4.69, 9.17) is 15.2 Å². The van der Waals surface area contributed by atoms with E-state index in [1.807, 2.05) is 60.7 Å². The summed E-state index contributed by atoms with van der Waals surface area (Å²) in [4.78, 5) is 27.4. The van der Waals surface area contributed by atoms with Crippen LogP contribution in [0.25, 0.3) is 11.1 Å². The SMILES string of the molecule is Nc1ccccc1NC(=O)CCCCCC(=O)NCc1cccc(-c2ccc(C3OC(CN(Cc4ccccc4)Cc4ccccc4)CC(c4ccc(CO)cc4)O3)cc2)c1. The maximum atomic E-state index is 12.7. The smallest absolute Gasteiger partial charge is 0.224 e. The summed E-state index contributed by atoms with van der Waals surface area (Å²) in [6, 6.07) is 52.9. The lowest BCUT2D eigenvalue weighted by Gasteiger charge is -2.38. The van der Waals surface area contributed by atoms with Crippen molar-refractivity contribution >= 4 is 23.2 Å². The molecule has 6 aromatic carbocycles. The molecule has 0 aromatic heterocycles. The maximum absolute atomic E-state index is 12.7. The Labute approximate surface area is 359 Å². The Hall–Kier alpha value is -6.10. The van der Waals surface area contributed by atoms with E-state index in [1.165, 1.54) is 11.1 Å². The second-order valence-corrected chi connectivity index (χ2v) is 15.8. The average Bonchev–Trinajstić information content (AvgIpc) is 3.29. The lowest BCUT2D eigenvalue weighted by Crippen LogP contribution is -2.39. The molecular weight excluding hydrogens is 761 g/mol. The van der Waals surface area contributed by atoms with Crippen molar-refractivity contribution in [3.63, 3.8) is 0 Å². The lowest BCUT2D eigenvalue weighted by atomic mass is 9.98. The van der Waals surface area contributed by atoms with Crippen molar-refractivity contribution in [3.05, 3.63) is 191 Å². The van der Waals surface area contributed by atoms with Crippen molar-refractivity contribution in [2.24, 2.45) is 0 Å². The van der Waals surface area contributed by atoms with Gasteiger partial charge in [0.1, 0.15) is 0 Å². The number of unbranched alkanes of at least 4 members (excludes halogenated alkanes) is 2. The normalized spacial score (nSPS) is 16.3. The minimum atomic E-state index is -0.571. The summed E-state index contributed by atoms with van der Waals surface area (Å²) in [5.74, 6) is -0.0827. The summed E-state index contributed by atoms with van der Waals surface area (Å²) < 4.78 is 13.5. The number of rotatable bonds is 19. The van der Waals surface area contributed by atoms with Gasteiger partial charge >= 0.3 is 0 Å². The van der Waals surface area contributed by atoms with Crippen LogP contribution in [0.3, 0.4) is 0 Å². The zero-order valence-corrected chi connectivity index (χ0v) is 34.6. The van der Waals surface area contributed by atoms with Gasteiger partial charge in [-0.1, -0.05) is 146 Å². The largest absolute Gasteiger partial charge is 0.397 e. The summed E-state index contributed by atoms with van der Waals surface area (Å²) in [6.07, 6.45) is 2.82. The molecule has 9 heteroatoms. The second-order valence-electron chi connectivity index (χ2n) is 15.8. The molecule has 0 radical (unpaired) electrons. The van der Waals surface area contributed by atoms with Gasteiger partial charge in [-0.25, -0.2) is 0 Å². The molecule has 3 unspecified atom stereocenters. The van der Waals surface area contributed by atoms with Crippen LogP contribution in [0.4, 0.5) is 11.4 Å². The van der Waals surface area contributed by atoms with Crippen molar-refractivity contribution < 1.29 is 24.2 Å². The van der Waals surface area contributed by atoms with Gasteiger partial charge in [-0.2, -0.15) is 0 Å². The fraction of sp³-hybridized carbons (Fsp3) is 0.269. The van der Waals surface area contributed by atoms with Crippen molar-refractivity contribution in [3.8, 4) is 11.1 Å². The van der Waals surface area contributed by atoms with Gasteiger partial charge in [0.2, 0.25) is 11.8 Å². The minimum absolute atomic E-state index is 0.00501. The molecule has 1 aliphatic rings. The van der Waals surface area contributed by atoms with Crippen LogP contribution in [0.5, 0.6) is 0 Å². The summed E-state index contributed by atoms with van der Waals surface area (Å²) in [7, 11) is 0. The first-order valence-electron chi connectivity index (χ1n) is 21.3. The van der Waals surface area contributed by atoms with Crippen molar-refractivity contribution in [1.82, 2.24) is 10.2 Å². The molecule has 9 nitrogen and oxygen atoms in total. The standard InChI is InChI=1S/C52H56N4O5/c53-47-19-10-11-20-48(47)55-51(59)22-9-3-8-21-50(58)54-33-41-17-12-18-45(31-41)42-27-29-44(30-28-42)52-60-46(32-49(61-52)43-25-23-40(37-57)24-26-43)36-56(34-38-13-4-1-5-14-38)35-39-15-6-2-7-16-39/h1-2,4-7,10-20,23-31,46,49,52,57H,3,8-9,21-22,32-37,53H2,(H,54,58)(H,55,59). The highest BCUT2D eigenvalue weighted by Gasteiger charge is 2.33. The average molecular weight is 817 g/mol. The Kier molecular flexibility index (Phi) is 15.5. The number of benzene rings is 6. The number of aliphatic hydroxyl groups excluding tert-OH is 1. The number of hydrogen-bond acceptors (Lipinski definition) is 7. The molecule has 61 heavy (non-hydrogen) atoms. The number of hydrogen-bond donors (Lipinski definition) is 4. The Balaban J connectivity index is 0.956. The summed E-state index contributed by atoms with van der Waals surface area (Å²) in [5.41, 5.74) is 15.6. The topological polar surface area (TPSA) is 126 Å². The van der Waals surface area contributed by atoms with E-state index in [9.17, 15) is 14.7 Å². The number of ether oxygens (including phenoxy) is 2. The van der Waals surface area contributed by atoms with Gasteiger partial charge < -0.3 is 30.9 Å². The van der Waals surface area contributed by atoms with Crippen LogP contribution in [0, 0.1) is 0 Å². The number of para-hydroxylation sites is 2. The number of anilines is 2. The molecule has 1 fully saturated rings. The van der Waals surface area contributed by atoms with Crippen LogP contribution >= 0.6 is 0 Å². The second kappa shape index (κ2) is 21.9. The van der Waals surface area contributed by atoms with Crippen molar-refractivity contribution in [2.75, 3.05) is 17.6 Å². The molecule has 0 aliphatic carbocycles. The summed E-state index contributed by atoms with van der Waals surface area (Å²) in [6.45, 7) is 2.74. The third kappa shape index (κ3) is 12.9. The van der Waals surface area contributed by atoms with E-state index in [2.05, 4.69) is 100 Å². The van der Waals surface area contributed by atoms with Crippen LogP contribution < -0.4 is 16.4 Å². The molecule has 1 saturated heterocycles. The predicted molar refractivity (Wildman–Crippen MR) is 242 cm³/mol. The van der Waals surface area contributed by atoms with E-state index in [1.54, 1.807) is 12.1 Å².